The van der Waals surface area contributed by atoms with Crippen LogP contribution in [0.4, 0.5) is 0 Å². The monoisotopic (exact) mass is 1590 g/mol. The number of hydrogen-bond acceptors (Lipinski definition) is 4. The van der Waals surface area contributed by atoms with E-state index in [2.05, 4.69) is 438 Å². The second-order valence-electron chi connectivity index (χ2n) is 32.3. The minimum absolute atomic E-state index is 0.660. The molecule has 0 aliphatic carbocycles. The Bertz CT molecular complexity index is 8800. The van der Waals surface area contributed by atoms with Gasteiger partial charge in [0.1, 0.15) is 0 Å². The van der Waals surface area contributed by atoms with Crippen LogP contribution in [0.3, 0.4) is 0 Å². The van der Waals surface area contributed by atoms with Gasteiger partial charge in [-0.1, -0.05) is 340 Å². The molecule has 0 saturated heterocycles. The standard InChI is InChI=1S/C58H36N4.C36H23N3.C23H17N/c1-3-17-37(18-4-1)56-48-27-11-14-28-52(48)59-58(60-56)62-54-30-16-12-24-45(54)50-35-38(31-34-55(50)62)40-32-33-44(42-22-8-7-21-41(40)42)49-36-51-46-25-13-15-29-53(46)61(39-19-5-2-6-20-39)57(51)47-26-10-9-23-43(47)49;1-2-11-25(12-3-1)35-30-15-6-8-16-32(30)37-36(38-35)39-33-17-9-7-14-29(33)31-23-28(20-21-34(31)39)27-19-18-24-10-4-5-13-26(24)22-27;1-16-15-21-19-12-7-8-14-22(19)24(17-9-3-2-4-10-17)23(21)20-13-6-5-11-18(16)20/h1-36H;1-23H;2-15H,1H3. The lowest BCUT2D eigenvalue weighted by molar-refractivity contribution is 1.01. The zero-order valence-electron chi connectivity index (χ0n) is 68.2. The molecule has 0 atom stereocenters. The molecule has 0 N–H and O–H groups in total. The summed E-state index contributed by atoms with van der Waals surface area (Å²) in [6.45, 7) is 2.20. The highest BCUT2D eigenvalue weighted by molar-refractivity contribution is 6.25. The number of nitrogens with zero attached hydrogens (tertiary/aromatic N) is 8. The lowest BCUT2D eigenvalue weighted by Crippen LogP contribution is -2.03. The highest BCUT2D eigenvalue weighted by Gasteiger charge is 2.25. The van der Waals surface area contributed by atoms with Gasteiger partial charge in [-0.2, -0.15) is 0 Å². The Balaban J connectivity index is 0.000000118. The van der Waals surface area contributed by atoms with Crippen molar-refractivity contribution in [2.45, 2.75) is 6.92 Å². The van der Waals surface area contributed by atoms with Gasteiger partial charge in [-0.3, -0.25) is 9.13 Å². The van der Waals surface area contributed by atoms with E-state index in [1.807, 2.05) is 30.3 Å². The third-order valence-corrected chi connectivity index (χ3v) is 25.2. The summed E-state index contributed by atoms with van der Waals surface area (Å²) in [6.07, 6.45) is 0. The number of aryl methyl sites for hydroxylation is 1. The van der Waals surface area contributed by atoms with Crippen LogP contribution in [0.25, 0.3) is 231 Å². The van der Waals surface area contributed by atoms with Crippen LogP contribution in [0.15, 0.2) is 443 Å². The summed E-state index contributed by atoms with van der Waals surface area (Å²) < 4.78 is 9.25. The summed E-state index contributed by atoms with van der Waals surface area (Å²) in [4.78, 5) is 20.7. The average Bonchev–Trinajstić information content (AvgIpc) is 1.57. The first-order valence-electron chi connectivity index (χ1n) is 42.7. The van der Waals surface area contributed by atoms with Crippen LogP contribution in [0.5, 0.6) is 0 Å². The summed E-state index contributed by atoms with van der Waals surface area (Å²) in [7, 11) is 0. The molecule has 0 bridgehead atoms. The van der Waals surface area contributed by atoms with Crippen LogP contribution in [0.2, 0.25) is 0 Å². The zero-order chi connectivity index (χ0) is 82.6. The fraction of sp³-hybridized carbons (Fsp3) is 0.00855. The first kappa shape index (κ1) is 72.3. The molecule has 584 valence electrons. The minimum atomic E-state index is 0.660. The maximum Gasteiger partial charge on any atom is 0.235 e. The molecule has 0 fully saturated rings. The molecule has 0 aliphatic heterocycles. The molecule has 0 aliphatic rings. The normalized spacial score (nSPS) is 11.7. The number of hydrogen-bond donors (Lipinski definition) is 0. The molecule has 0 radical (unpaired) electrons. The second-order valence-corrected chi connectivity index (χ2v) is 32.3. The molecule has 20 aromatic carbocycles. The molecule has 0 unspecified atom stereocenters. The van der Waals surface area contributed by atoms with E-state index in [9.17, 15) is 0 Å². The molecular weight excluding hydrogens is 1520 g/mol. The molecule has 8 heteroatoms. The molecule has 6 heterocycles. The van der Waals surface area contributed by atoms with Gasteiger partial charge in [-0.05, 0) is 181 Å². The Hall–Kier alpha value is -16.7. The van der Waals surface area contributed by atoms with Crippen molar-refractivity contribution in [2.75, 3.05) is 0 Å². The molecule has 6 aromatic heterocycles. The van der Waals surface area contributed by atoms with E-state index in [1.54, 1.807) is 0 Å². The van der Waals surface area contributed by atoms with Gasteiger partial charge in [0.2, 0.25) is 11.9 Å². The van der Waals surface area contributed by atoms with Gasteiger partial charge in [-0.25, -0.2) is 19.9 Å². The maximum atomic E-state index is 5.30. The predicted molar refractivity (Wildman–Crippen MR) is 525 cm³/mol. The van der Waals surface area contributed by atoms with Crippen molar-refractivity contribution in [1.29, 1.82) is 0 Å². The second kappa shape index (κ2) is 29.9. The van der Waals surface area contributed by atoms with Crippen LogP contribution >= 0.6 is 0 Å². The van der Waals surface area contributed by atoms with Crippen molar-refractivity contribution in [3.05, 3.63) is 448 Å². The molecule has 0 amide bonds. The number of rotatable bonds is 9. The molecule has 8 nitrogen and oxygen atoms in total. The lowest BCUT2D eigenvalue weighted by Gasteiger charge is -2.16. The largest absolute Gasteiger partial charge is 0.309 e. The number of fused-ring (bicyclic) bond motifs is 20. The predicted octanol–water partition coefficient (Wildman–Crippen LogP) is 30.6. The van der Waals surface area contributed by atoms with Crippen LogP contribution in [-0.2, 0) is 0 Å². The van der Waals surface area contributed by atoms with Crippen molar-refractivity contribution in [2.24, 2.45) is 0 Å². The molecule has 26 rings (SSSR count). The van der Waals surface area contributed by atoms with E-state index in [4.69, 9.17) is 19.9 Å². The summed E-state index contributed by atoms with van der Waals surface area (Å²) in [5, 5.41) is 22.0. The van der Waals surface area contributed by atoms with Crippen LogP contribution in [-0.4, -0.2) is 38.2 Å². The van der Waals surface area contributed by atoms with Gasteiger partial charge >= 0.3 is 0 Å². The molecular formula is C117H76N8. The third-order valence-electron chi connectivity index (χ3n) is 25.2. The highest BCUT2D eigenvalue weighted by Crippen LogP contribution is 2.47. The maximum absolute atomic E-state index is 5.30. The van der Waals surface area contributed by atoms with E-state index in [1.165, 1.54) is 142 Å². The third kappa shape index (κ3) is 12.1. The van der Waals surface area contributed by atoms with Gasteiger partial charge < -0.3 is 9.13 Å². The zero-order valence-corrected chi connectivity index (χ0v) is 68.2. The Kier molecular flexibility index (Phi) is 17.3. The lowest BCUT2D eigenvalue weighted by atomic mass is 9.89. The van der Waals surface area contributed by atoms with Crippen LogP contribution < -0.4 is 0 Å². The van der Waals surface area contributed by atoms with E-state index in [-0.39, 0.29) is 0 Å². The Morgan fingerprint density at radius 1 is 0.176 bits per heavy atom. The summed E-state index contributed by atoms with van der Waals surface area (Å²) in [5.41, 5.74) is 26.1. The van der Waals surface area contributed by atoms with Gasteiger partial charge in [0.05, 0.1) is 66.6 Å². The average molecular weight is 1590 g/mol. The molecule has 125 heavy (non-hydrogen) atoms. The number of para-hydroxylation sites is 8. The molecule has 26 aromatic rings. The summed E-state index contributed by atoms with van der Waals surface area (Å²) in [6, 6.07) is 158. The summed E-state index contributed by atoms with van der Waals surface area (Å²) in [5.74, 6) is 1.34. The molecule has 0 saturated carbocycles. The van der Waals surface area contributed by atoms with Crippen LogP contribution in [0.1, 0.15) is 5.56 Å². The quantitative estimate of drug-likeness (QED) is 0.144. The molecule has 0 spiro atoms. The minimum Gasteiger partial charge on any atom is -0.309 e. The van der Waals surface area contributed by atoms with Gasteiger partial charge in [0.25, 0.3) is 0 Å². The van der Waals surface area contributed by atoms with Crippen molar-refractivity contribution in [3.8, 4) is 79.2 Å². The Morgan fingerprint density at radius 3 is 1.02 bits per heavy atom. The van der Waals surface area contributed by atoms with Crippen LogP contribution in [0, 0.1) is 6.92 Å². The SMILES string of the molecule is Cc1cc2c3ccccc3n(-c3ccccc3)c2c2ccccc12.c1ccc(-c2nc(-n3c4ccccc4c4cc(-c5ccc(-c6cc7c8ccccc8n(-c8ccccc8)c7c7ccccc67)c6ccccc56)ccc43)nc3ccccc23)cc1.c1ccc(-c2nc(-n3c4ccccc4c4cc(-c5ccc6ccccc6c5)ccc43)nc3ccccc23)cc1. The number of aromatic nitrogens is 8. The number of benzene rings is 20. The summed E-state index contributed by atoms with van der Waals surface area (Å²) >= 11 is 0. The van der Waals surface area contributed by atoms with Gasteiger partial charge in [-0.15, -0.1) is 0 Å². The fourth-order valence-electron chi connectivity index (χ4n) is 19.6. The fourth-order valence-corrected chi connectivity index (χ4v) is 19.6. The van der Waals surface area contributed by atoms with E-state index in [0.717, 1.165) is 82.8 Å². The van der Waals surface area contributed by atoms with Crippen molar-refractivity contribution in [1.82, 2.24) is 38.2 Å². The smallest absolute Gasteiger partial charge is 0.235 e. The topological polar surface area (TPSA) is 71.3 Å². The van der Waals surface area contributed by atoms with E-state index >= 15 is 0 Å². The van der Waals surface area contributed by atoms with Crippen molar-refractivity contribution in [3.63, 3.8) is 0 Å². The Morgan fingerprint density at radius 2 is 0.512 bits per heavy atom. The van der Waals surface area contributed by atoms with E-state index < -0.39 is 0 Å². The Labute approximate surface area is 720 Å². The van der Waals surface area contributed by atoms with Crippen molar-refractivity contribution < 1.29 is 0 Å². The first-order chi connectivity index (χ1) is 62.0. The van der Waals surface area contributed by atoms with Gasteiger partial charge in [0, 0.05) is 87.1 Å². The van der Waals surface area contributed by atoms with Gasteiger partial charge in [0.15, 0.2) is 0 Å². The van der Waals surface area contributed by atoms with E-state index in [0.29, 0.717) is 11.9 Å². The van der Waals surface area contributed by atoms with Crippen molar-refractivity contribution >= 4 is 152 Å². The first-order valence-corrected chi connectivity index (χ1v) is 42.7. The highest BCUT2D eigenvalue weighted by atomic mass is 15.2.